The van der Waals surface area contributed by atoms with Gasteiger partial charge < -0.3 is 4.74 Å². The maximum absolute atomic E-state index is 5.78. The fraction of sp³-hybridized carbons (Fsp3) is 0.294. The monoisotopic (exact) mass is 316 g/mol. The number of benzene rings is 2. The first-order valence-electron chi connectivity index (χ1n) is 6.82. The van der Waals surface area contributed by atoms with Gasteiger partial charge in [0.2, 0.25) is 0 Å². The molecule has 19 heavy (non-hydrogen) atoms. The molecule has 0 saturated heterocycles. The van der Waals surface area contributed by atoms with Gasteiger partial charge >= 0.3 is 0 Å². The number of hydrogen-bond donors (Lipinski definition) is 0. The number of hydrogen-bond acceptors (Lipinski definition) is 1. The second-order valence-corrected chi connectivity index (χ2v) is 5.91. The van der Waals surface area contributed by atoms with Gasteiger partial charge in [0.1, 0.15) is 5.75 Å². The van der Waals surface area contributed by atoms with Gasteiger partial charge in [-0.25, -0.2) is 0 Å². The van der Waals surface area contributed by atoms with Crippen LogP contribution in [0.1, 0.15) is 30.9 Å². The van der Waals surface area contributed by atoms with Crippen LogP contribution in [0, 0.1) is 0 Å². The Morgan fingerprint density at radius 2 is 1.79 bits per heavy atom. The van der Waals surface area contributed by atoms with Crippen molar-refractivity contribution in [2.45, 2.75) is 26.2 Å². The first kappa shape index (κ1) is 12.7. The Hall–Kier alpha value is -1.28. The van der Waals surface area contributed by atoms with Crippen molar-refractivity contribution in [3.05, 3.63) is 52.0 Å². The first-order valence-corrected chi connectivity index (χ1v) is 7.62. The zero-order valence-corrected chi connectivity index (χ0v) is 12.7. The maximum atomic E-state index is 5.78. The molecule has 1 nitrogen and oxygen atoms in total. The van der Waals surface area contributed by atoms with Crippen molar-refractivity contribution in [2.24, 2.45) is 0 Å². The largest absolute Gasteiger partial charge is 0.494 e. The van der Waals surface area contributed by atoms with Gasteiger partial charge in [-0.1, -0.05) is 41.4 Å². The standard InChI is InChI=1S/C17H17BrO/c1-2-3-8-19-15-5-7-17-13(11-15)9-12-10-14(18)4-6-16(12)17/h4-7,10-11H,2-3,8-9H2,1H3. The maximum Gasteiger partial charge on any atom is 0.119 e. The third-order valence-corrected chi connectivity index (χ3v) is 4.07. The lowest BCUT2D eigenvalue weighted by Gasteiger charge is -2.07. The smallest absolute Gasteiger partial charge is 0.119 e. The van der Waals surface area contributed by atoms with E-state index in [2.05, 4.69) is 59.3 Å². The van der Waals surface area contributed by atoms with Crippen molar-refractivity contribution in [1.82, 2.24) is 0 Å². The normalized spacial score (nSPS) is 12.1. The molecule has 0 N–H and O–H groups in total. The van der Waals surface area contributed by atoms with E-state index < -0.39 is 0 Å². The average Bonchev–Trinajstić information content (AvgIpc) is 2.75. The van der Waals surface area contributed by atoms with Gasteiger partial charge in [0.15, 0.2) is 0 Å². The summed E-state index contributed by atoms with van der Waals surface area (Å²) in [5, 5.41) is 0. The van der Waals surface area contributed by atoms with E-state index in [1.165, 1.54) is 28.7 Å². The molecule has 2 aromatic carbocycles. The molecular formula is C17H17BrO. The van der Waals surface area contributed by atoms with Crippen molar-refractivity contribution < 1.29 is 4.74 Å². The summed E-state index contributed by atoms with van der Waals surface area (Å²) >= 11 is 3.54. The summed E-state index contributed by atoms with van der Waals surface area (Å²) in [6.45, 7) is 2.99. The quantitative estimate of drug-likeness (QED) is 0.601. The summed E-state index contributed by atoms with van der Waals surface area (Å²) in [6, 6.07) is 13.0. The molecule has 2 aromatic rings. The van der Waals surface area contributed by atoms with Crippen molar-refractivity contribution in [3.8, 4) is 16.9 Å². The summed E-state index contributed by atoms with van der Waals surface area (Å²) in [4.78, 5) is 0. The van der Waals surface area contributed by atoms with Crippen LogP contribution in [0.5, 0.6) is 5.75 Å². The highest BCUT2D eigenvalue weighted by Gasteiger charge is 2.18. The molecule has 0 atom stereocenters. The van der Waals surface area contributed by atoms with E-state index in [0.717, 1.165) is 29.7 Å². The van der Waals surface area contributed by atoms with Crippen LogP contribution in [-0.2, 0) is 6.42 Å². The van der Waals surface area contributed by atoms with Crippen molar-refractivity contribution in [1.29, 1.82) is 0 Å². The lowest BCUT2D eigenvalue weighted by atomic mass is 10.1. The molecule has 1 aliphatic carbocycles. The minimum Gasteiger partial charge on any atom is -0.494 e. The van der Waals surface area contributed by atoms with E-state index in [-0.39, 0.29) is 0 Å². The Bertz CT molecular complexity index is 604. The molecule has 0 amide bonds. The predicted molar refractivity (Wildman–Crippen MR) is 82.8 cm³/mol. The Morgan fingerprint density at radius 1 is 1.05 bits per heavy atom. The highest BCUT2D eigenvalue weighted by molar-refractivity contribution is 9.10. The van der Waals surface area contributed by atoms with E-state index >= 15 is 0 Å². The van der Waals surface area contributed by atoms with Crippen LogP contribution >= 0.6 is 15.9 Å². The molecule has 0 saturated carbocycles. The molecule has 0 aliphatic heterocycles. The molecule has 2 heteroatoms. The Labute approximate surface area is 122 Å². The van der Waals surface area contributed by atoms with E-state index in [0.29, 0.717) is 0 Å². The van der Waals surface area contributed by atoms with Gasteiger partial charge in [0, 0.05) is 4.47 Å². The van der Waals surface area contributed by atoms with Gasteiger partial charge in [0.05, 0.1) is 6.61 Å². The van der Waals surface area contributed by atoms with Crippen LogP contribution in [-0.4, -0.2) is 6.61 Å². The highest BCUT2D eigenvalue weighted by Crippen LogP contribution is 2.39. The molecule has 98 valence electrons. The molecule has 0 aromatic heterocycles. The van der Waals surface area contributed by atoms with Crippen LogP contribution in [0.4, 0.5) is 0 Å². The average molecular weight is 317 g/mol. The second kappa shape index (κ2) is 5.38. The van der Waals surface area contributed by atoms with E-state index in [4.69, 9.17) is 4.74 Å². The number of unbranched alkanes of at least 4 members (excludes halogenated alkanes) is 1. The van der Waals surface area contributed by atoms with Crippen LogP contribution in [0.15, 0.2) is 40.9 Å². The predicted octanol–water partition coefficient (Wildman–Crippen LogP) is 5.20. The SMILES string of the molecule is CCCCOc1ccc2c(c1)Cc1cc(Br)ccc1-2. The second-order valence-electron chi connectivity index (χ2n) is 5.00. The third kappa shape index (κ3) is 2.55. The van der Waals surface area contributed by atoms with Crippen molar-refractivity contribution >= 4 is 15.9 Å². The number of halogens is 1. The molecule has 0 spiro atoms. The number of fused-ring (bicyclic) bond motifs is 3. The summed E-state index contributed by atoms with van der Waals surface area (Å²) in [7, 11) is 0. The lowest BCUT2D eigenvalue weighted by Crippen LogP contribution is -1.96. The number of rotatable bonds is 4. The van der Waals surface area contributed by atoms with Crippen molar-refractivity contribution in [2.75, 3.05) is 6.61 Å². The fourth-order valence-electron chi connectivity index (χ4n) is 2.58. The summed E-state index contributed by atoms with van der Waals surface area (Å²) in [5.74, 6) is 0.999. The van der Waals surface area contributed by atoms with Crippen LogP contribution in [0.3, 0.4) is 0 Å². The molecule has 0 heterocycles. The topological polar surface area (TPSA) is 9.23 Å². The van der Waals surface area contributed by atoms with E-state index in [1.807, 2.05) is 0 Å². The lowest BCUT2D eigenvalue weighted by molar-refractivity contribution is 0.309. The van der Waals surface area contributed by atoms with Gasteiger partial charge in [-0.05, 0) is 59.4 Å². The molecular weight excluding hydrogens is 300 g/mol. The summed E-state index contributed by atoms with van der Waals surface area (Å²) < 4.78 is 6.94. The Morgan fingerprint density at radius 3 is 2.58 bits per heavy atom. The molecule has 0 bridgehead atoms. The summed E-state index contributed by atoms with van der Waals surface area (Å²) in [6.07, 6.45) is 3.30. The zero-order chi connectivity index (χ0) is 13.2. The molecule has 0 radical (unpaired) electrons. The van der Waals surface area contributed by atoms with Gasteiger partial charge in [-0.3, -0.25) is 0 Å². The van der Waals surface area contributed by atoms with Crippen molar-refractivity contribution in [3.63, 3.8) is 0 Å². The van der Waals surface area contributed by atoms with Gasteiger partial charge in [-0.2, -0.15) is 0 Å². The molecule has 1 aliphatic rings. The Kier molecular flexibility index (Phi) is 3.61. The minimum absolute atomic E-state index is 0.813. The van der Waals surface area contributed by atoms with E-state index in [9.17, 15) is 0 Å². The van der Waals surface area contributed by atoms with Crippen LogP contribution in [0.25, 0.3) is 11.1 Å². The molecule has 0 unspecified atom stereocenters. The van der Waals surface area contributed by atoms with Crippen LogP contribution in [0.2, 0.25) is 0 Å². The highest BCUT2D eigenvalue weighted by atomic mass is 79.9. The first-order chi connectivity index (χ1) is 9.28. The fourth-order valence-corrected chi connectivity index (χ4v) is 2.99. The third-order valence-electron chi connectivity index (χ3n) is 3.58. The zero-order valence-electron chi connectivity index (χ0n) is 11.1. The van der Waals surface area contributed by atoms with Gasteiger partial charge in [-0.15, -0.1) is 0 Å². The molecule has 3 rings (SSSR count). The van der Waals surface area contributed by atoms with Crippen LogP contribution < -0.4 is 4.74 Å². The minimum atomic E-state index is 0.813. The van der Waals surface area contributed by atoms with E-state index in [1.54, 1.807) is 0 Å². The Balaban J connectivity index is 1.86. The summed E-state index contributed by atoms with van der Waals surface area (Å²) in [5.41, 5.74) is 5.49. The molecule has 0 fully saturated rings. The van der Waals surface area contributed by atoms with Gasteiger partial charge in [0.25, 0.3) is 0 Å². The number of ether oxygens (including phenoxy) is 1.